The Balaban J connectivity index is 1.66. The maximum absolute atomic E-state index is 12.6. The number of carbonyl (C=O) groups excluding carboxylic acids is 2. The van der Waals surface area contributed by atoms with Crippen molar-refractivity contribution in [3.63, 3.8) is 0 Å². The standard InChI is InChI=1S/C20H21ClN2O2/c1-13-5-3-4-6-15(13)11-23-12-16(9-19(23)24)20(25)22-18-10-17(21)8-7-14(18)2/h3-8,10,16H,9,11-12H2,1-2H3,(H,22,25). The second-order valence-corrected chi connectivity index (χ2v) is 6.99. The van der Waals surface area contributed by atoms with Gasteiger partial charge in [-0.05, 0) is 42.7 Å². The summed E-state index contributed by atoms with van der Waals surface area (Å²) in [5.41, 5.74) is 3.90. The Labute approximate surface area is 152 Å². The van der Waals surface area contributed by atoms with E-state index in [1.165, 1.54) is 0 Å². The van der Waals surface area contributed by atoms with E-state index in [2.05, 4.69) is 5.32 Å². The highest BCUT2D eigenvalue weighted by Gasteiger charge is 2.34. The molecule has 1 N–H and O–H groups in total. The van der Waals surface area contributed by atoms with Crippen LogP contribution >= 0.6 is 11.6 Å². The Bertz CT molecular complexity index is 819. The van der Waals surface area contributed by atoms with Gasteiger partial charge in [0.2, 0.25) is 11.8 Å². The summed E-state index contributed by atoms with van der Waals surface area (Å²) < 4.78 is 0. The minimum Gasteiger partial charge on any atom is -0.338 e. The molecule has 130 valence electrons. The summed E-state index contributed by atoms with van der Waals surface area (Å²) in [6, 6.07) is 13.4. The van der Waals surface area contributed by atoms with Crippen molar-refractivity contribution in [3.8, 4) is 0 Å². The van der Waals surface area contributed by atoms with Crippen LogP contribution in [0.15, 0.2) is 42.5 Å². The summed E-state index contributed by atoms with van der Waals surface area (Å²) in [6.07, 6.45) is 0.247. The molecule has 1 saturated heterocycles. The first-order valence-electron chi connectivity index (χ1n) is 8.33. The number of benzene rings is 2. The van der Waals surface area contributed by atoms with Crippen molar-refractivity contribution in [1.29, 1.82) is 0 Å². The lowest BCUT2D eigenvalue weighted by Gasteiger charge is -2.18. The van der Waals surface area contributed by atoms with Crippen molar-refractivity contribution in [2.24, 2.45) is 5.92 Å². The number of rotatable bonds is 4. The summed E-state index contributed by atoms with van der Waals surface area (Å²) in [4.78, 5) is 26.6. The number of carbonyl (C=O) groups is 2. The fraction of sp³-hybridized carbons (Fsp3) is 0.300. The minimum absolute atomic E-state index is 0.0196. The summed E-state index contributed by atoms with van der Waals surface area (Å²) in [5.74, 6) is -0.452. The topological polar surface area (TPSA) is 49.4 Å². The van der Waals surface area contributed by atoms with Gasteiger partial charge in [0.15, 0.2) is 0 Å². The lowest BCUT2D eigenvalue weighted by atomic mass is 10.1. The highest BCUT2D eigenvalue weighted by atomic mass is 35.5. The van der Waals surface area contributed by atoms with Crippen molar-refractivity contribution in [1.82, 2.24) is 4.90 Å². The van der Waals surface area contributed by atoms with Gasteiger partial charge in [-0.1, -0.05) is 41.9 Å². The smallest absolute Gasteiger partial charge is 0.229 e. The number of hydrogen-bond acceptors (Lipinski definition) is 2. The van der Waals surface area contributed by atoms with E-state index in [1.54, 1.807) is 17.0 Å². The molecule has 4 nitrogen and oxygen atoms in total. The Hall–Kier alpha value is -2.33. The molecule has 0 spiro atoms. The van der Waals surface area contributed by atoms with Gasteiger partial charge in [0.25, 0.3) is 0 Å². The van der Waals surface area contributed by atoms with Gasteiger partial charge < -0.3 is 10.2 Å². The van der Waals surface area contributed by atoms with Crippen molar-refractivity contribution < 1.29 is 9.59 Å². The second-order valence-electron chi connectivity index (χ2n) is 6.55. The quantitative estimate of drug-likeness (QED) is 0.901. The van der Waals surface area contributed by atoms with Crippen molar-refractivity contribution in [2.75, 3.05) is 11.9 Å². The molecule has 25 heavy (non-hydrogen) atoms. The van der Waals surface area contributed by atoms with E-state index in [0.717, 1.165) is 16.7 Å². The molecular formula is C20H21ClN2O2. The number of halogens is 1. The third kappa shape index (κ3) is 4.02. The van der Waals surface area contributed by atoms with Crippen molar-refractivity contribution in [3.05, 3.63) is 64.2 Å². The van der Waals surface area contributed by atoms with Crippen LogP contribution in [0.25, 0.3) is 0 Å². The first-order chi connectivity index (χ1) is 11.9. The molecule has 5 heteroatoms. The molecule has 0 radical (unpaired) electrons. The van der Waals surface area contributed by atoms with Gasteiger partial charge in [-0.15, -0.1) is 0 Å². The predicted molar refractivity (Wildman–Crippen MR) is 99.5 cm³/mol. The Morgan fingerprint density at radius 3 is 2.72 bits per heavy atom. The van der Waals surface area contributed by atoms with Crippen LogP contribution in [0.1, 0.15) is 23.1 Å². The van der Waals surface area contributed by atoms with Gasteiger partial charge >= 0.3 is 0 Å². The van der Waals surface area contributed by atoms with Gasteiger partial charge in [0.1, 0.15) is 0 Å². The molecule has 1 fully saturated rings. The molecule has 1 atom stereocenters. The largest absolute Gasteiger partial charge is 0.338 e. The van der Waals surface area contributed by atoms with E-state index in [9.17, 15) is 9.59 Å². The molecule has 3 rings (SSSR count). The van der Waals surface area contributed by atoms with E-state index >= 15 is 0 Å². The van der Waals surface area contributed by atoms with Crippen LogP contribution in [0.4, 0.5) is 5.69 Å². The highest BCUT2D eigenvalue weighted by molar-refractivity contribution is 6.31. The predicted octanol–water partition coefficient (Wildman–Crippen LogP) is 3.94. The highest BCUT2D eigenvalue weighted by Crippen LogP contribution is 2.25. The Kier molecular flexibility index (Phi) is 5.09. The molecule has 2 aromatic carbocycles. The van der Waals surface area contributed by atoms with E-state index in [0.29, 0.717) is 23.8 Å². The van der Waals surface area contributed by atoms with Gasteiger partial charge in [0, 0.05) is 30.2 Å². The van der Waals surface area contributed by atoms with E-state index in [-0.39, 0.29) is 24.2 Å². The molecule has 1 heterocycles. The van der Waals surface area contributed by atoms with Crippen LogP contribution in [0.3, 0.4) is 0 Å². The minimum atomic E-state index is -0.338. The van der Waals surface area contributed by atoms with E-state index in [1.807, 2.05) is 44.2 Å². The normalized spacial score (nSPS) is 17.0. The molecule has 2 amide bonds. The molecule has 0 bridgehead atoms. The molecule has 1 unspecified atom stereocenters. The van der Waals surface area contributed by atoms with Crippen LogP contribution in [-0.4, -0.2) is 23.3 Å². The van der Waals surface area contributed by atoms with E-state index in [4.69, 9.17) is 11.6 Å². The zero-order chi connectivity index (χ0) is 18.0. The monoisotopic (exact) mass is 356 g/mol. The fourth-order valence-corrected chi connectivity index (χ4v) is 3.23. The summed E-state index contributed by atoms with van der Waals surface area (Å²) in [5, 5.41) is 3.48. The zero-order valence-electron chi connectivity index (χ0n) is 14.4. The van der Waals surface area contributed by atoms with Crippen LogP contribution in [-0.2, 0) is 16.1 Å². The Morgan fingerprint density at radius 1 is 1.20 bits per heavy atom. The van der Waals surface area contributed by atoms with Crippen LogP contribution < -0.4 is 5.32 Å². The number of amides is 2. The van der Waals surface area contributed by atoms with Crippen LogP contribution in [0, 0.1) is 19.8 Å². The molecule has 0 aliphatic carbocycles. The van der Waals surface area contributed by atoms with Gasteiger partial charge in [-0.2, -0.15) is 0 Å². The van der Waals surface area contributed by atoms with Crippen molar-refractivity contribution >= 4 is 29.1 Å². The summed E-state index contributed by atoms with van der Waals surface area (Å²) in [7, 11) is 0. The van der Waals surface area contributed by atoms with Crippen molar-refractivity contribution in [2.45, 2.75) is 26.8 Å². The van der Waals surface area contributed by atoms with Crippen LogP contribution in [0.2, 0.25) is 5.02 Å². The lowest BCUT2D eigenvalue weighted by molar-refractivity contribution is -0.128. The summed E-state index contributed by atoms with van der Waals surface area (Å²) >= 11 is 6.00. The first-order valence-corrected chi connectivity index (χ1v) is 8.71. The molecule has 2 aromatic rings. The average Bonchev–Trinajstić information content (AvgIpc) is 2.94. The molecular weight excluding hydrogens is 336 g/mol. The first kappa shape index (κ1) is 17.5. The maximum Gasteiger partial charge on any atom is 0.229 e. The maximum atomic E-state index is 12.6. The lowest BCUT2D eigenvalue weighted by Crippen LogP contribution is -2.28. The zero-order valence-corrected chi connectivity index (χ0v) is 15.1. The fourth-order valence-electron chi connectivity index (χ4n) is 3.06. The van der Waals surface area contributed by atoms with Gasteiger partial charge in [-0.25, -0.2) is 0 Å². The van der Waals surface area contributed by atoms with Gasteiger partial charge in [0.05, 0.1) is 5.92 Å². The Morgan fingerprint density at radius 2 is 1.96 bits per heavy atom. The molecule has 1 aliphatic rings. The number of anilines is 1. The molecule has 0 aromatic heterocycles. The summed E-state index contributed by atoms with van der Waals surface area (Å²) in [6.45, 7) is 4.93. The second kappa shape index (κ2) is 7.28. The SMILES string of the molecule is Cc1ccccc1CN1CC(C(=O)Nc2cc(Cl)ccc2C)CC1=O. The number of nitrogens with one attached hydrogen (secondary N) is 1. The third-order valence-corrected chi connectivity index (χ3v) is 4.90. The number of likely N-dealkylation sites (tertiary alicyclic amines) is 1. The number of nitrogens with zero attached hydrogens (tertiary/aromatic N) is 1. The van der Waals surface area contributed by atoms with Gasteiger partial charge in [-0.3, -0.25) is 9.59 Å². The van der Waals surface area contributed by atoms with Crippen LogP contribution in [0.5, 0.6) is 0 Å². The van der Waals surface area contributed by atoms with E-state index < -0.39 is 0 Å². The number of aryl methyl sites for hydroxylation is 2. The molecule has 1 aliphatic heterocycles. The third-order valence-electron chi connectivity index (χ3n) is 4.67. The number of hydrogen-bond donors (Lipinski definition) is 1. The average molecular weight is 357 g/mol. The molecule has 0 saturated carbocycles.